The Morgan fingerprint density at radius 3 is 2.74 bits per heavy atom. The second-order valence-electron chi connectivity index (χ2n) is 6.10. The first-order chi connectivity index (χ1) is 12.8. The highest BCUT2D eigenvalue weighted by Gasteiger charge is 2.38. The van der Waals surface area contributed by atoms with Gasteiger partial charge in [0.25, 0.3) is 5.69 Å². The zero-order valence-corrected chi connectivity index (χ0v) is 15.8. The molecule has 1 aliphatic heterocycles. The fourth-order valence-electron chi connectivity index (χ4n) is 2.79. The van der Waals surface area contributed by atoms with E-state index >= 15 is 0 Å². The molecular weight excluding hydrogens is 422 g/mol. The van der Waals surface area contributed by atoms with Gasteiger partial charge in [-0.15, -0.1) is 0 Å². The van der Waals surface area contributed by atoms with Gasteiger partial charge < -0.3 is 19.4 Å². The third-order valence-electron chi connectivity index (χ3n) is 4.20. The molecule has 1 saturated heterocycles. The number of hydrogen-bond donors (Lipinski definition) is 2. The molecule has 0 aliphatic carbocycles. The molecule has 1 fully saturated rings. The van der Waals surface area contributed by atoms with Crippen molar-refractivity contribution in [3.63, 3.8) is 0 Å². The Labute approximate surface area is 162 Å². The minimum Gasteiger partial charge on any atom is -0.463 e. The summed E-state index contributed by atoms with van der Waals surface area (Å²) in [6.07, 6.45) is -1.52. The first-order valence-electron chi connectivity index (χ1n) is 8.02. The van der Waals surface area contributed by atoms with E-state index in [1.54, 1.807) is 13.0 Å². The van der Waals surface area contributed by atoms with Crippen LogP contribution >= 0.6 is 15.9 Å². The van der Waals surface area contributed by atoms with Gasteiger partial charge in [-0.05, 0) is 40.6 Å². The van der Waals surface area contributed by atoms with E-state index in [9.17, 15) is 25.1 Å². The summed E-state index contributed by atoms with van der Waals surface area (Å²) in [5.41, 5.74) is 0.670. The van der Waals surface area contributed by atoms with Gasteiger partial charge in [-0.3, -0.25) is 14.9 Å². The summed E-state index contributed by atoms with van der Waals surface area (Å²) in [6, 6.07) is 7.35. The number of benzene rings is 1. The maximum absolute atomic E-state index is 12.7. The molecule has 27 heavy (non-hydrogen) atoms. The van der Waals surface area contributed by atoms with Gasteiger partial charge in [0.2, 0.25) is 5.78 Å². The van der Waals surface area contributed by atoms with Crippen molar-refractivity contribution in [3.8, 4) is 0 Å². The van der Waals surface area contributed by atoms with Crippen LogP contribution in [0.25, 0.3) is 6.08 Å². The number of carbonyl (C=O) groups excluding carboxylic acids is 1. The molecule has 1 aliphatic rings. The van der Waals surface area contributed by atoms with E-state index in [1.165, 1.54) is 30.3 Å². The van der Waals surface area contributed by atoms with Gasteiger partial charge in [0.05, 0.1) is 21.6 Å². The Morgan fingerprint density at radius 2 is 2.11 bits per heavy atom. The number of aliphatic hydroxyl groups is 2. The van der Waals surface area contributed by atoms with Crippen LogP contribution in [-0.4, -0.2) is 39.7 Å². The molecule has 0 unspecified atom stereocenters. The Kier molecular flexibility index (Phi) is 5.56. The van der Waals surface area contributed by atoms with Crippen LogP contribution in [-0.2, 0) is 4.74 Å². The highest BCUT2D eigenvalue weighted by Crippen LogP contribution is 2.33. The van der Waals surface area contributed by atoms with Crippen molar-refractivity contribution < 1.29 is 29.1 Å². The van der Waals surface area contributed by atoms with Crippen LogP contribution in [0, 0.1) is 17.0 Å². The number of nitrogens with zero attached hydrogens (tertiary/aromatic N) is 1. The maximum atomic E-state index is 12.7. The largest absolute Gasteiger partial charge is 0.463 e. The minimum absolute atomic E-state index is 0.0226. The predicted octanol–water partition coefficient (Wildman–Crippen LogP) is 2.91. The van der Waals surface area contributed by atoms with Gasteiger partial charge in [-0.25, -0.2) is 0 Å². The lowest BCUT2D eigenvalue weighted by Crippen LogP contribution is -2.24. The van der Waals surface area contributed by atoms with Gasteiger partial charge in [0, 0.05) is 12.1 Å². The number of non-ortho nitro benzene ring substituents is 1. The third kappa shape index (κ3) is 4.01. The molecule has 2 aromatic rings. The van der Waals surface area contributed by atoms with Crippen LogP contribution in [0.5, 0.6) is 0 Å². The number of furan rings is 1. The number of ketones is 1. The fourth-order valence-corrected chi connectivity index (χ4v) is 3.27. The smallest absolute Gasteiger partial charge is 0.270 e. The van der Waals surface area contributed by atoms with Gasteiger partial charge in [0.15, 0.2) is 0 Å². The normalized spacial score (nSPS) is 22.8. The van der Waals surface area contributed by atoms with Gasteiger partial charge >= 0.3 is 0 Å². The topological polar surface area (TPSA) is 123 Å². The quantitative estimate of drug-likeness (QED) is 0.319. The monoisotopic (exact) mass is 437 g/mol. The lowest BCUT2D eigenvalue weighted by molar-refractivity contribution is -0.384. The van der Waals surface area contributed by atoms with E-state index in [0.717, 1.165) is 0 Å². The van der Waals surface area contributed by atoms with Crippen molar-refractivity contribution in [2.45, 2.75) is 25.2 Å². The van der Waals surface area contributed by atoms with Gasteiger partial charge in [-0.1, -0.05) is 12.1 Å². The lowest BCUT2D eigenvalue weighted by atomic mass is 10.1. The molecule has 0 bridgehead atoms. The Hall–Kier alpha value is -2.33. The number of hydrogen-bond acceptors (Lipinski definition) is 7. The molecule has 3 atom stereocenters. The summed E-state index contributed by atoms with van der Waals surface area (Å²) in [5.74, 6) is 0.189. The number of Topliss-reactive ketones (excluding diaryl/α,β-unsaturated/α-hetero) is 1. The standard InChI is InChI=1S/C18H16BrNO7/c1-9-12(7-15(27-9)18-17(23)14(21)8-26-18)16(22)13(19)6-10-3-2-4-11(5-10)20(24)25/h2-7,14,17-18,21,23H,8H2,1H3/b13-6-/t14-,17-,18+/m1/s1. The minimum atomic E-state index is -1.14. The highest BCUT2D eigenvalue weighted by molar-refractivity contribution is 9.12. The van der Waals surface area contributed by atoms with Crippen LogP contribution in [0.3, 0.4) is 0 Å². The van der Waals surface area contributed by atoms with Crippen LogP contribution in [0.1, 0.15) is 33.5 Å². The summed E-state index contributed by atoms with van der Waals surface area (Å²) >= 11 is 3.21. The number of halogens is 1. The van der Waals surface area contributed by atoms with E-state index in [4.69, 9.17) is 9.15 Å². The SMILES string of the molecule is Cc1oc([C@@H]2OC[C@@H](O)[C@H]2O)cc1C(=O)/C(Br)=C/c1cccc([N+](=O)[O-])c1. The summed E-state index contributed by atoms with van der Waals surface area (Å²) in [7, 11) is 0. The summed E-state index contributed by atoms with van der Waals surface area (Å²) in [5, 5.41) is 30.4. The van der Waals surface area contributed by atoms with Crippen molar-refractivity contribution in [2.75, 3.05) is 6.61 Å². The molecule has 2 N–H and O–H groups in total. The zero-order valence-electron chi connectivity index (χ0n) is 14.2. The zero-order chi connectivity index (χ0) is 19.7. The number of carbonyl (C=O) groups is 1. The maximum Gasteiger partial charge on any atom is 0.270 e. The van der Waals surface area contributed by atoms with Crippen molar-refractivity contribution in [3.05, 3.63) is 67.6 Å². The number of aliphatic hydroxyl groups excluding tert-OH is 2. The third-order valence-corrected chi connectivity index (χ3v) is 4.79. The van der Waals surface area contributed by atoms with Crippen molar-refractivity contribution in [2.24, 2.45) is 0 Å². The molecule has 9 heteroatoms. The number of nitro benzene ring substituents is 1. The number of ether oxygens (including phenoxy) is 1. The molecule has 0 saturated carbocycles. The molecule has 0 spiro atoms. The van der Waals surface area contributed by atoms with Crippen LogP contribution in [0.4, 0.5) is 5.69 Å². The first-order valence-corrected chi connectivity index (χ1v) is 8.81. The second kappa shape index (κ2) is 7.73. The molecule has 8 nitrogen and oxygen atoms in total. The van der Waals surface area contributed by atoms with E-state index in [1.807, 2.05) is 0 Å². The molecule has 0 radical (unpaired) electrons. The highest BCUT2D eigenvalue weighted by atomic mass is 79.9. The van der Waals surface area contributed by atoms with Crippen LogP contribution < -0.4 is 0 Å². The second-order valence-corrected chi connectivity index (χ2v) is 6.96. The average Bonchev–Trinajstić information content (AvgIpc) is 3.17. The van der Waals surface area contributed by atoms with Crippen LogP contribution in [0.2, 0.25) is 0 Å². The van der Waals surface area contributed by atoms with Crippen molar-refractivity contribution in [1.82, 2.24) is 0 Å². The summed E-state index contributed by atoms with van der Waals surface area (Å²) < 4.78 is 11.0. The molecule has 142 valence electrons. The van der Waals surface area contributed by atoms with Crippen molar-refractivity contribution in [1.29, 1.82) is 0 Å². The Bertz CT molecular complexity index is 920. The molecule has 0 amide bonds. The Morgan fingerprint density at radius 1 is 1.37 bits per heavy atom. The molecule has 1 aromatic carbocycles. The number of nitro groups is 1. The molecule has 2 heterocycles. The van der Waals surface area contributed by atoms with E-state index in [-0.39, 0.29) is 33.9 Å². The number of rotatable bonds is 5. The molecule has 3 rings (SSSR count). The lowest BCUT2D eigenvalue weighted by Gasteiger charge is -2.11. The number of allylic oxidation sites excluding steroid dienone is 1. The summed E-state index contributed by atoms with van der Waals surface area (Å²) in [4.78, 5) is 23.0. The molecule has 1 aromatic heterocycles. The van der Waals surface area contributed by atoms with Crippen molar-refractivity contribution >= 4 is 33.5 Å². The van der Waals surface area contributed by atoms with Gasteiger partial charge in [-0.2, -0.15) is 0 Å². The first kappa shape index (κ1) is 19.4. The molecular formula is C18H16BrNO7. The average molecular weight is 438 g/mol. The Balaban J connectivity index is 1.85. The predicted molar refractivity (Wildman–Crippen MR) is 98.5 cm³/mol. The van der Waals surface area contributed by atoms with Gasteiger partial charge in [0.1, 0.15) is 29.8 Å². The van der Waals surface area contributed by atoms with E-state index in [0.29, 0.717) is 11.3 Å². The van der Waals surface area contributed by atoms with E-state index < -0.39 is 23.2 Å². The van der Waals surface area contributed by atoms with E-state index in [2.05, 4.69) is 15.9 Å². The van der Waals surface area contributed by atoms with Crippen LogP contribution in [0.15, 0.2) is 39.2 Å². The number of aryl methyl sites for hydroxylation is 1. The fraction of sp³-hybridized carbons (Fsp3) is 0.278. The summed E-state index contributed by atoms with van der Waals surface area (Å²) in [6.45, 7) is 1.58.